The first-order valence-electron chi connectivity index (χ1n) is 12.8. The molecule has 10 heteroatoms. The van der Waals surface area contributed by atoms with Crippen molar-refractivity contribution in [1.29, 1.82) is 0 Å². The second-order valence-electron chi connectivity index (χ2n) is 9.01. The Morgan fingerprint density at radius 1 is 0.923 bits per heavy atom. The standard InChI is InChI=1S/C29H34FN3O5S/c1-2-32-39(37,38)26-15-10-22(11-16-26)12-17-28(35)33(21-24-8-13-25(30)14-9-24)27(29(36)31-18-19-34)20-23-6-4-3-5-7-23/h3-11,13-16,27,32,34H,2,12,17-21H2,1H3,(H,31,36). The summed E-state index contributed by atoms with van der Waals surface area (Å²) in [4.78, 5) is 28.5. The van der Waals surface area contributed by atoms with Gasteiger partial charge in [0.1, 0.15) is 11.9 Å². The SMILES string of the molecule is CCNS(=O)(=O)c1ccc(CCC(=O)N(Cc2ccc(F)cc2)C(Cc2ccccc2)C(=O)NCCO)cc1. The van der Waals surface area contributed by atoms with Crippen molar-refractivity contribution in [1.82, 2.24) is 14.9 Å². The number of amides is 2. The number of nitrogens with one attached hydrogen (secondary N) is 2. The fourth-order valence-electron chi connectivity index (χ4n) is 4.14. The average molecular weight is 556 g/mol. The van der Waals surface area contributed by atoms with E-state index in [4.69, 9.17) is 0 Å². The molecule has 3 aromatic carbocycles. The van der Waals surface area contributed by atoms with Crippen LogP contribution in [0.3, 0.4) is 0 Å². The number of aryl methyl sites for hydroxylation is 1. The summed E-state index contributed by atoms with van der Waals surface area (Å²) in [5, 5.41) is 11.9. The number of carbonyl (C=O) groups is 2. The molecule has 2 amide bonds. The Bertz CT molecular complexity index is 1320. The van der Waals surface area contributed by atoms with Crippen LogP contribution in [0.25, 0.3) is 0 Å². The minimum Gasteiger partial charge on any atom is -0.395 e. The maximum atomic E-state index is 13.6. The van der Waals surface area contributed by atoms with E-state index >= 15 is 0 Å². The molecule has 1 unspecified atom stereocenters. The Balaban J connectivity index is 1.85. The normalized spacial score (nSPS) is 12.1. The number of aliphatic hydroxyl groups is 1. The summed E-state index contributed by atoms with van der Waals surface area (Å²) in [6.07, 6.45) is 0.650. The topological polar surface area (TPSA) is 116 Å². The van der Waals surface area contributed by atoms with E-state index in [2.05, 4.69) is 10.0 Å². The lowest BCUT2D eigenvalue weighted by molar-refractivity contribution is -0.141. The summed E-state index contributed by atoms with van der Waals surface area (Å²) >= 11 is 0. The van der Waals surface area contributed by atoms with Crippen LogP contribution in [0.1, 0.15) is 30.0 Å². The molecule has 0 heterocycles. The van der Waals surface area contributed by atoms with Crippen LogP contribution in [0.4, 0.5) is 4.39 Å². The van der Waals surface area contributed by atoms with Gasteiger partial charge in [0.15, 0.2) is 0 Å². The smallest absolute Gasteiger partial charge is 0.243 e. The predicted molar refractivity (Wildman–Crippen MR) is 147 cm³/mol. The fraction of sp³-hybridized carbons (Fsp3) is 0.310. The number of aliphatic hydroxyl groups excluding tert-OH is 1. The molecule has 0 aromatic heterocycles. The molecule has 3 N–H and O–H groups in total. The third kappa shape index (κ3) is 8.98. The van der Waals surface area contributed by atoms with Gasteiger partial charge in [-0.3, -0.25) is 9.59 Å². The van der Waals surface area contributed by atoms with E-state index in [0.29, 0.717) is 12.0 Å². The zero-order chi connectivity index (χ0) is 28.3. The third-order valence-corrected chi connectivity index (χ3v) is 7.71. The van der Waals surface area contributed by atoms with Crippen molar-refractivity contribution in [2.24, 2.45) is 0 Å². The van der Waals surface area contributed by atoms with Gasteiger partial charge >= 0.3 is 0 Å². The molecule has 0 aliphatic carbocycles. The number of nitrogens with zero attached hydrogens (tertiary/aromatic N) is 1. The van der Waals surface area contributed by atoms with Crippen molar-refractivity contribution >= 4 is 21.8 Å². The fourth-order valence-corrected chi connectivity index (χ4v) is 5.18. The number of halogens is 1. The minimum atomic E-state index is -3.58. The molecule has 0 saturated carbocycles. The van der Waals surface area contributed by atoms with E-state index in [0.717, 1.165) is 11.1 Å². The van der Waals surface area contributed by atoms with Gasteiger partial charge in [-0.25, -0.2) is 17.5 Å². The van der Waals surface area contributed by atoms with Crippen molar-refractivity contribution in [2.45, 2.75) is 43.7 Å². The highest BCUT2D eigenvalue weighted by Crippen LogP contribution is 2.18. The van der Waals surface area contributed by atoms with E-state index in [-0.39, 0.29) is 49.9 Å². The maximum absolute atomic E-state index is 13.6. The van der Waals surface area contributed by atoms with E-state index in [1.165, 1.54) is 29.2 Å². The number of hydrogen-bond acceptors (Lipinski definition) is 5. The predicted octanol–water partition coefficient (Wildman–Crippen LogP) is 2.81. The molecule has 8 nitrogen and oxygen atoms in total. The van der Waals surface area contributed by atoms with E-state index in [9.17, 15) is 27.5 Å². The highest BCUT2D eigenvalue weighted by atomic mass is 32.2. The molecular formula is C29H34FN3O5S. The second-order valence-corrected chi connectivity index (χ2v) is 10.8. The molecular weight excluding hydrogens is 521 g/mol. The Labute approximate surface area is 228 Å². The molecule has 39 heavy (non-hydrogen) atoms. The van der Waals surface area contributed by atoms with Gasteiger partial charge in [-0.1, -0.05) is 61.5 Å². The Morgan fingerprint density at radius 3 is 2.18 bits per heavy atom. The lowest BCUT2D eigenvalue weighted by atomic mass is 10.0. The molecule has 0 spiro atoms. The van der Waals surface area contributed by atoms with E-state index in [1.807, 2.05) is 30.3 Å². The lowest BCUT2D eigenvalue weighted by Crippen LogP contribution is -2.51. The van der Waals surface area contributed by atoms with Crippen LogP contribution in [0.15, 0.2) is 83.8 Å². The molecule has 0 bridgehead atoms. The summed E-state index contributed by atoms with van der Waals surface area (Å²) in [6.45, 7) is 1.87. The van der Waals surface area contributed by atoms with Crippen LogP contribution in [0.5, 0.6) is 0 Å². The van der Waals surface area contributed by atoms with Crippen LogP contribution in [0, 0.1) is 5.82 Å². The van der Waals surface area contributed by atoms with Crippen molar-refractivity contribution in [2.75, 3.05) is 19.7 Å². The van der Waals surface area contributed by atoms with Crippen molar-refractivity contribution < 1.29 is 27.5 Å². The van der Waals surface area contributed by atoms with E-state index < -0.39 is 27.8 Å². The zero-order valence-corrected chi connectivity index (χ0v) is 22.7. The van der Waals surface area contributed by atoms with Crippen LogP contribution in [-0.2, 0) is 39.0 Å². The molecule has 208 valence electrons. The third-order valence-electron chi connectivity index (χ3n) is 6.14. The first kappa shape index (κ1) is 29.9. The first-order valence-corrected chi connectivity index (χ1v) is 14.3. The van der Waals surface area contributed by atoms with Gasteiger partial charge in [0, 0.05) is 32.5 Å². The van der Waals surface area contributed by atoms with Gasteiger partial charge in [0.2, 0.25) is 21.8 Å². The van der Waals surface area contributed by atoms with Gasteiger partial charge in [-0.15, -0.1) is 0 Å². The van der Waals surface area contributed by atoms with Crippen molar-refractivity contribution in [3.05, 3.63) is 101 Å². The van der Waals surface area contributed by atoms with Crippen molar-refractivity contribution in [3.8, 4) is 0 Å². The second kappa shape index (κ2) is 14.5. The van der Waals surface area contributed by atoms with E-state index in [1.54, 1.807) is 31.2 Å². The van der Waals surface area contributed by atoms with Crippen LogP contribution in [-0.4, -0.2) is 56.0 Å². The number of rotatable bonds is 14. The van der Waals surface area contributed by atoms with Gasteiger partial charge in [-0.05, 0) is 47.4 Å². The van der Waals surface area contributed by atoms with Crippen molar-refractivity contribution in [3.63, 3.8) is 0 Å². The minimum absolute atomic E-state index is 0.0465. The number of carbonyl (C=O) groups excluding carboxylic acids is 2. The Morgan fingerprint density at radius 2 is 1.56 bits per heavy atom. The highest BCUT2D eigenvalue weighted by Gasteiger charge is 2.30. The molecule has 1 atom stereocenters. The van der Waals surface area contributed by atoms with Crippen LogP contribution in [0.2, 0.25) is 0 Å². The summed E-state index contributed by atoms with van der Waals surface area (Å²) in [7, 11) is -3.58. The Kier molecular flexibility index (Phi) is 11.2. The molecule has 0 aliphatic heterocycles. The maximum Gasteiger partial charge on any atom is 0.243 e. The number of benzene rings is 3. The van der Waals surface area contributed by atoms with Crippen LogP contribution >= 0.6 is 0 Å². The molecule has 3 rings (SSSR count). The quantitative estimate of drug-likeness (QED) is 0.283. The number of hydrogen-bond donors (Lipinski definition) is 3. The average Bonchev–Trinajstić information content (AvgIpc) is 2.94. The molecule has 3 aromatic rings. The van der Waals surface area contributed by atoms with Gasteiger partial charge in [-0.2, -0.15) is 0 Å². The van der Waals surface area contributed by atoms with Crippen LogP contribution < -0.4 is 10.0 Å². The number of sulfonamides is 1. The molecule has 0 fully saturated rings. The highest BCUT2D eigenvalue weighted by molar-refractivity contribution is 7.89. The van der Waals surface area contributed by atoms with Gasteiger partial charge in [0.25, 0.3) is 0 Å². The Hall–Kier alpha value is -3.60. The van der Waals surface area contributed by atoms with Gasteiger partial charge < -0.3 is 15.3 Å². The molecule has 0 saturated heterocycles. The first-order chi connectivity index (χ1) is 18.7. The zero-order valence-electron chi connectivity index (χ0n) is 21.8. The monoisotopic (exact) mass is 555 g/mol. The molecule has 0 radical (unpaired) electrons. The lowest BCUT2D eigenvalue weighted by Gasteiger charge is -2.31. The molecule has 0 aliphatic rings. The largest absolute Gasteiger partial charge is 0.395 e. The van der Waals surface area contributed by atoms with Gasteiger partial charge in [0.05, 0.1) is 11.5 Å². The summed E-state index contributed by atoms with van der Waals surface area (Å²) < 4.78 is 40.4. The summed E-state index contributed by atoms with van der Waals surface area (Å²) in [5.74, 6) is -1.09. The summed E-state index contributed by atoms with van der Waals surface area (Å²) in [6, 6.07) is 20.5. The summed E-state index contributed by atoms with van der Waals surface area (Å²) in [5.41, 5.74) is 2.29.